The molecule has 0 radical (unpaired) electrons. The number of nitrogens with one attached hydrogen (secondary N) is 3. The summed E-state index contributed by atoms with van der Waals surface area (Å²) in [5.74, 6) is -9.42. The molecule has 29 heteroatoms. The molecule has 11 rings (SSSR count). The number of likely N-dealkylation sites (N-methyl/N-ethyl adjacent to an activating group) is 6. The highest BCUT2D eigenvalue weighted by atomic mass is 19.4. The summed E-state index contributed by atoms with van der Waals surface area (Å²) in [5, 5.41) is 8.90. The van der Waals surface area contributed by atoms with Crippen LogP contribution in [0.5, 0.6) is 5.75 Å². The van der Waals surface area contributed by atoms with Crippen LogP contribution >= 0.6 is 0 Å². The summed E-state index contributed by atoms with van der Waals surface area (Å²) in [6.07, 6.45) is 4.90. The van der Waals surface area contributed by atoms with Crippen LogP contribution in [-0.4, -0.2) is 270 Å². The zero-order valence-corrected chi connectivity index (χ0v) is 66.4. The minimum atomic E-state index is -4.78. The van der Waals surface area contributed by atoms with Gasteiger partial charge in [0.25, 0.3) is 0 Å². The summed E-state index contributed by atoms with van der Waals surface area (Å²) < 4.78 is 54.1. The van der Waals surface area contributed by atoms with Crippen molar-refractivity contribution >= 4 is 70.9 Å². The average Bonchev–Trinajstić information content (AvgIpc) is 0.934. The lowest BCUT2D eigenvalue weighted by Gasteiger charge is -2.54. The van der Waals surface area contributed by atoms with Gasteiger partial charge in [0, 0.05) is 87.9 Å². The van der Waals surface area contributed by atoms with E-state index in [1.165, 1.54) is 88.7 Å². The van der Waals surface area contributed by atoms with Crippen molar-refractivity contribution in [3.05, 3.63) is 76.9 Å². The maximum Gasteiger partial charge on any atom is 0.419 e. The Morgan fingerprint density at radius 1 is 0.636 bits per heavy atom. The van der Waals surface area contributed by atoms with Crippen molar-refractivity contribution in [3.63, 3.8) is 0 Å². The number of carbonyl (C=O) groups is 12. The van der Waals surface area contributed by atoms with Crippen molar-refractivity contribution in [2.75, 3.05) is 95.3 Å². The van der Waals surface area contributed by atoms with Gasteiger partial charge in [0.1, 0.15) is 59.6 Å². The first-order valence-electron chi connectivity index (χ1n) is 39.6. The number of likely N-dealkylation sites (tertiary alicyclic amines) is 1. The fourth-order valence-corrected chi connectivity index (χ4v) is 17.6. The third-order valence-corrected chi connectivity index (χ3v) is 24.0. The zero-order chi connectivity index (χ0) is 80.3. The molecule has 2 aliphatic carbocycles. The van der Waals surface area contributed by atoms with E-state index in [0.717, 1.165) is 42.9 Å². The zero-order valence-electron chi connectivity index (χ0n) is 66.4. The van der Waals surface area contributed by atoms with E-state index in [2.05, 4.69) is 16.0 Å². The molecule has 0 unspecified atom stereocenters. The Kier molecular flexibility index (Phi) is 28.8. The molecule has 12 amide bonds. The molecule has 26 nitrogen and oxygen atoms in total. The second-order valence-electron chi connectivity index (χ2n) is 32.5. The van der Waals surface area contributed by atoms with E-state index in [4.69, 9.17) is 9.47 Å². The quantitative estimate of drug-likeness (QED) is 0.180. The predicted molar refractivity (Wildman–Crippen MR) is 404 cm³/mol. The second kappa shape index (κ2) is 37.1. The van der Waals surface area contributed by atoms with Gasteiger partial charge in [0.05, 0.1) is 38.3 Å². The largest absolute Gasteiger partial charge is 0.496 e. The van der Waals surface area contributed by atoms with E-state index in [1.807, 2.05) is 51.1 Å². The van der Waals surface area contributed by atoms with Crippen LogP contribution in [0.2, 0.25) is 0 Å². The first kappa shape index (κ1) is 85.4. The molecule has 9 aliphatic rings. The summed E-state index contributed by atoms with van der Waals surface area (Å²) >= 11 is 0. The molecule has 110 heavy (non-hydrogen) atoms. The van der Waals surface area contributed by atoms with Crippen LogP contribution in [0.15, 0.2) is 54.6 Å². The third-order valence-electron chi connectivity index (χ3n) is 24.0. The number of amides is 12. The summed E-state index contributed by atoms with van der Waals surface area (Å²) in [6, 6.07) is 0.314. The monoisotopic (exact) mass is 1540 g/mol. The lowest BCUT2D eigenvalue weighted by Crippen LogP contribution is -2.71. The lowest BCUT2D eigenvalue weighted by molar-refractivity contribution is -0.161. The SMILES string of the molecule is CCO[C@@H]1C[C@H]2C(=O)NC3(CC(C)(C)C3)C(=O)N(C)[C@@H](C3CCCC3)C(=O)N(C)[C@H](C(=O)N3CCCCC3)CC(=O)N(C)[C@H]3CCCCCc4ccc(cc4)C[C@H](C(=O)N(C)CC(=O)N[C@@H](CCc4ccc(C(F)(F)F)c(OC)c4)C(=O)N2C1)N1CC/C=C\C[C@@H](C1=O)N(C)C(=O)CN(C)C(=O)[C@H]([C@@H](C)CC)NC3=O. The van der Waals surface area contributed by atoms with Gasteiger partial charge in [-0.15, -0.1) is 0 Å². The number of halogens is 3. The van der Waals surface area contributed by atoms with Gasteiger partial charge in [-0.1, -0.05) is 102 Å². The molecule has 1 spiro atoms. The number of ether oxygens (including phenoxy) is 2. The normalized spacial score (nSPS) is 27.8. The van der Waals surface area contributed by atoms with Gasteiger partial charge in [0.15, 0.2) is 0 Å². The molecule has 7 heterocycles. The molecule has 3 N–H and O–H groups in total. The molecule has 2 aromatic rings. The first-order valence-corrected chi connectivity index (χ1v) is 39.6. The van der Waals surface area contributed by atoms with Crippen molar-refractivity contribution in [1.82, 2.24) is 60.0 Å². The molecule has 0 aromatic heterocycles. The number of aryl methyl sites for hydroxylation is 2. The van der Waals surface area contributed by atoms with E-state index < -0.39 is 185 Å². The molecule has 2 saturated heterocycles. The Morgan fingerprint density at radius 2 is 1.28 bits per heavy atom. The number of methoxy groups -OCH3 is 1. The topological polar surface area (TPSA) is 289 Å². The van der Waals surface area contributed by atoms with Crippen LogP contribution in [0.3, 0.4) is 0 Å². The van der Waals surface area contributed by atoms with E-state index >= 15 is 43.2 Å². The Hall–Kier alpha value is -8.63. The van der Waals surface area contributed by atoms with Crippen LogP contribution in [0.4, 0.5) is 13.2 Å². The van der Waals surface area contributed by atoms with Gasteiger partial charge in [-0.2, -0.15) is 13.2 Å². The maximum absolute atomic E-state index is 16.0. The van der Waals surface area contributed by atoms with E-state index in [0.29, 0.717) is 88.4 Å². The molecule has 2 saturated carbocycles. The lowest BCUT2D eigenvalue weighted by atomic mass is 9.58. The Balaban J connectivity index is 1.18. The Labute approximate surface area is 645 Å². The highest BCUT2D eigenvalue weighted by Gasteiger charge is 2.59. The predicted octanol–water partition coefficient (Wildman–Crippen LogP) is 6.08. The van der Waals surface area contributed by atoms with Crippen LogP contribution in [-0.2, 0) is 87.7 Å². The van der Waals surface area contributed by atoms with Crippen LogP contribution in [0.25, 0.3) is 0 Å². The highest BCUT2D eigenvalue weighted by Crippen LogP contribution is 2.50. The molecule has 10 atom stereocenters. The third kappa shape index (κ3) is 20.2. The number of carbonyl (C=O) groups excluding carboxylic acids is 12. The van der Waals surface area contributed by atoms with Gasteiger partial charge in [-0.3, -0.25) is 57.5 Å². The maximum atomic E-state index is 16.0. The number of benzene rings is 2. The van der Waals surface area contributed by atoms with Crippen molar-refractivity contribution in [3.8, 4) is 5.75 Å². The molecular weight excluding hydrogens is 1420 g/mol. The minimum Gasteiger partial charge on any atom is -0.496 e. The number of fused-ring (bicyclic) bond motifs is 22. The van der Waals surface area contributed by atoms with Crippen molar-refractivity contribution < 1.29 is 80.2 Å². The first-order chi connectivity index (χ1) is 52.1. The van der Waals surface area contributed by atoms with E-state index in [-0.39, 0.29) is 71.1 Å². The van der Waals surface area contributed by atoms with Crippen molar-refractivity contribution in [2.45, 2.75) is 242 Å². The molecule has 4 fully saturated rings. The van der Waals surface area contributed by atoms with Crippen LogP contribution in [0, 0.1) is 17.3 Å². The summed E-state index contributed by atoms with van der Waals surface area (Å²) in [4.78, 5) is 197. The minimum absolute atomic E-state index is 0.00374. The fraction of sp³-hybridized carbons (Fsp3) is 0.679. The van der Waals surface area contributed by atoms with Gasteiger partial charge < -0.3 is 69.5 Å². The standard InChI is InChI=1S/C81H117F3N12O14/c1-13-51(3)68-76(106)89(7)48-67(99)91(9)60-30-20-16-25-41-95(75(60)105)63-42-53-33-31-52(32-34-53)26-18-15-19-29-59(70(100)86-68)90(8)66(98)45-62(74(104)94-39-23-17-24-40-94)92(10)77(107)69(55-27-21-22-28-55)93(11)78(108)80(49-79(4,5)50-80)87-71(101)61-44-56(110-14-2)46-96(61)72(102)58(85-65(97)47-88(6)73(63)103)38-36-54-35-37-57(81(82,83)84)64(43-54)109-12/h16,20,31-35,37,43,51,55-56,58-63,68-69H,13-15,17-19,21-30,36,38-42,44-50H2,1-12H3,(H,85,97)(H,86,100)(H,87,101)/b20-16-/t51-,56+,58-,59-,60-,61-,62-,63+,68-,69-/m0/s1. The fourth-order valence-electron chi connectivity index (χ4n) is 17.6. The molecular formula is C81H117F3N12O14. The number of hydrogen-bond acceptors (Lipinski definition) is 14. The summed E-state index contributed by atoms with van der Waals surface area (Å²) in [5.41, 5.74) is -1.39. The summed E-state index contributed by atoms with van der Waals surface area (Å²) in [7, 11) is 9.75. The molecule has 606 valence electrons. The van der Waals surface area contributed by atoms with Crippen LogP contribution in [0.1, 0.15) is 179 Å². The smallest absolute Gasteiger partial charge is 0.419 e. The highest BCUT2D eigenvalue weighted by molar-refractivity contribution is 6.01. The molecule has 6 bridgehead atoms. The second-order valence-corrected chi connectivity index (χ2v) is 32.5. The average molecular weight is 1540 g/mol. The van der Waals surface area contributed by atoms with E-state index in [1.54, 1.807) is 24.8 Å². The summed E-state index contributed by atoms with van der Waals surface area (Å²) in [6.45, 7) is 8.68. The number of piperidine rings is 1. The Bertz CT molecular complexity index is 3700. The number of rotatable bonds is 10. The Morgan fingerprint density at radius 3 is 1.93 bits per heavy atom. The van der Waals surface area contributed by atoms with Crippen molar-refractivity contribution in [1.29, 1.82) is 0 Å². The van der Waals surface area contributed by atoms with Gasteiger partial charge in [-0.25, -0.2) is 0 Å². The van der Waals surface area contributed by atoms with Crippen LogP contribution < -0.4 is 20.7 Å². The van der Waals surface area contributed by atoms with Gasteiger partial charge >= 0.3 is 6.18 Å². The molecule has 7 aliphatic heterocycles. The number of hydrogen-bond donors (Lipinski definition) is 3. The van der Waals surface area contributed by atoms with Gasteiger partial charge in [-0.05, 0) is 143 Å². The number of nitrogens with zero attached hydrogens (tertiary/aromatic N) is 9. The van der Waals surface area contributed by atoms with E-state index in [9.17, 15) is 27.6 Å². The van der Waals surface area contributed by atoms with Crippen molar-refractivity contribution in [2.24, 2.45) is 17.3 Å². The molecule has 2 aromatic carbocycles. The number of alkyl halides is 3. The van der Waals surface area contributed by atoms with Gasteiger partial charge in [0.2, 0.25) is 70.9 Å².